The van der Waals surface area contributed by atoms with Gasteiger partial charge in [0.15, 0.2) is 5.78 Å². The SMILES string of the molecule is O=C1CCCC2=C1C(c1cccc(F)c1)n1nc(SCc3ccccc3F)nc1N2. The maximum atomic E-state index is 14.0. The predicted molar refractivity (Wildman–Crippen MR) is 110 cm³/mol. The van der Waals surface area contributed by atoms with E-state index >= 15 is 0 Å². The van der Waals surface area contributed by atoms with Crippen LogP contribution < -0.4 is 5.32 Å². The lowest BCUT2D eigenvalue weighted by Crippen LogP contribution is -2.31. The average molecular weight is 424 g/mol. The summed E-state index contributed by atoms with van der Waals surface area (Å²) in [5.41, 5.74) is 2.66. The van der Waals surface area contributed by atoms with E-state index in [1.807, 2.05) is 0 Å². The Bertz CT molecular complexity index is 1170. The van der Waals surface area contributed by atoms with Crippen LogP contribution in [0.15, 0.2) is 65.0 Å². The van der Waals surface area contributed by atoms with Gasteiger partial charge in [-0.25, -0.2) is 13.5 Å². The summed E-state index contributed by atoms with van der Waals surface area (Å²) in [6, 6.07) is 12.3. The van der Waals surface area contributed by atoms with Gasteiger partial charge in [-0.2, -0.15) is 4.98 Å². The number of ketones is 1. The number of allylic oxidation sites excluding steroid dienone is 2. The van der Waals surface area contributed by atoms with Crippen molar-refractivity contribution in [1.82, 2.24) is 14.8 Å². The van der Waals surface area contributed by atoms with E-state index in [9.17, 15) is 13.6 Å². The van der Waals surface area contributed by atoms with Crippen molar-refractivity contribution in [2.24, 2.45) is 0 Å². The van der Waals surface area contributed by atoms with Gasteiger partial charge in [-0.05, 0) is 42.2 Å². The fraction of sp³-hybridized carbons (Fsp3) is 0.227. The summed E-state index contributed by atoms with van der Waals surface area (Å²) in [6.07, 6.45) is 1.96. The Kier molecular flexibility index (Phi) is 4.86. The molecule has 5 rings (SSSR count). The van der Waals surface area contributed by atoms with Crippen LogP contribution in [0.25, 0.3) is 0 Å². The molecule has 0 amide bonds. The number of Topliss-reactive ketones (excluding diaryl/α,β-unsaturated/α-hetero) is 1. The molecule has 0 saturated carbocycles. The van der Waals surface area contributed by atoms with Crippen molar-refractivity contribution in [1.29, 1.82) is 0 Å². The Balaban J connectivity index is 1.52. The van der Waals surface area contributed by atoms with Gasteiger partial charge in [0, 0.05) is 23.4 Å². The number of halogens is 2. The first kappa shape index (κ1) is 19.0. The Labute approximate surface area is 176 Å². The van der Waals surface area contributed by atoms with Gasteiger partial charge in [-0.15, -0.1) is 5.10 Å². The Morgan fingerprint density at radius 3 is 2.83 bits per heavy atom. The molecular formula is C22H18F2N4OS. The van der Waals surface area contributed by atoms with Crippen molar-refractivity contribution in [3.63, 3.8) is 0 Å². The zero-order chi connectivity index (χ0) is 20.7. The van der Waals surface area contributed by atoms with Crippen LogP contribution in [0.2, 0.25) is 0 Å². The highest BCUT2D eigenvalue weighted by molar-refractivity contribution is 7.98. The normalized spacial score (nSPS) is 18.1. The lowest BCUT2D eigenvalue weighted by Gasteiger charge is -2.32. The topological polar surface area (TPSA) is 59.8 Å². The zero-order valence-corrected chi connectivity index (χ0v) is 16.8. The van der Waals surface area contributed by atoms with Gasteiger partial charge in [0.05, 0.1) is 0 Å². The molecule has 5 nitrogen and oxygen atoms in total. The molecule has 1 aliphatic carbocycles. The molecule has 3 aromatic rings. The fourth-order valence-electron chi connectivity index (χ4n) is 3.94. The van der Waals surface area contributed by atoms with Crippen LogP contribution >= 0.6 is 11.8 Å². The second kappa shape index (κ2) is 7.68. The smallest absolute Gasteiger partial charge is 0.227 e. The summed E-state index contributed by atoms with van der Waals surface area (Å²) >= 11 is 1.32. The van der Waals surface area contributed by atoms with E-state index in [1.54, 1.807) is 35.0 Å². The highest BCUT2D eigenvalue weighted by atomic mass is 32.2. The molecule has 1 N–H and O–H groups in total. The predicted octanol–water partition coefficient (Wildman–Crippen LogP) is 4.87. The molecule has 0 bridgehead atoms. The Morgan fingerprint density at radius 1 is 1.13 bits per heavy atom. The number of nitrogens with zero attached hydrogens (tertiary/aromatic N) is 3. The fourth-order valence-corrected chi connectivity index (χ4v) is 4.76. The van der Waals surface area contributed by atoms with Crippen LogP contribution in [0.4, 0.5) is 14.7 Å². The van der Waals surface area contributed by atoms with Crippen molar-refractivity contribution in [3.05, 3.63) is 82.6 Å². The van der Waals surface area contributed by atoms with Crippen LogP contribution in [-0.2, 0) is 10.5 Å². The number of thioether (sulfide) groups is 1. The van der Waals surface area contributed by atoms with Crippen molar-refractivity contribution in [2.45, 2.75) is 36.2 Å². The van der Waals surface area contributed by atoms with Gasteiger partial charge in [-0.1, -0.05) is 42.1 Å². The van der Waals surface area contributed by atoms with E-state index in [2.05, 4.69) is 15.4 Å². The van der Waals surface area contributed by atoms with Gasteiger partial charge in [0.2, 0.25) is 11.1 Å². The third-order valence-corrected chi connectivity index (χ3v) is 6.21. The van der Waals surface area contributed by atoms with Crippen LogP contribution in [0.5, 0.6) is 0 Å². The molecule has 0 radical (unpaired) electrons. The molecule has 1 aromatic heterocycles. The largest absolute Gasteiger partial charge is 0.328 e. The Hall–Kier alpha value is -3.00. The van der Waals surface area contributed by atoms with E-state index in [1.165, 1.54) is 30.0 Å². The van der Waals surface area contributed by atoms with Crippen molar-refractivity contribution in [3.8, 4) is 0 Å². The van der Waals surface area contributed by atoms with Crippen molar-refractivity contribution >= 4 is 23.5 Å². The lowest BCUT2D eigenvalue weighted by molar-refractivity contribution is -0.116. The highest BCUT2D eigenvalue weighted by Crippen LogP contribution is 2.40. The second-order valence-electron chi connectivity index (χ2n) is 7.29. The molecular weight excluding hydrogens is 406 g/mol. The van der Waals surface area contributed by atoms with E-state index in [0.29, 0.717) is 40.0 Å². The maximum Gasteiger partial charge on any atom is 0.227 e. The number of nitrogens with one attached hydrogen (secondary N) is 1. The number of aromatic nitrogens is 3. The molecule has 0 saturated heterocycles. The average Bonchev–Trinajstić information content (AvgIpc) is 3.14. The number of carbonyl (C=O) groups is 1. The van der Waals surface area contributed by atoms with E-state index in [-0.39, 0.29) is 17.4 Å². The van der Waals surface area contributed by atoms with Gasteiger partial charge < -0.3 is 5.32 Å². The van der Waals surface area contributed by atoms with Crippen molar-refractivity contribution in [2.75, 3.05) is 5.32 Å². The minimum Gasteiger partial charge on any atom is -0.328 e. The molecule has 1 atom stereocenters. The minimum absolute atomic E-state index is 0.0414. The molecule has 1 aliphatic heterocycles. The molecule has 2 aliphatic rings. The molecule has 30 heavy (non-hydrogen) atoms. The molecule has 2 heterocycles. The molecule has 8 heteroatoms. The molecule has 2 aromatic carbocycles. The monoisotopic (exact) mass is 424 g/mol. The van der Waals surface area contributed by atoms with Crippen LogP contribution in [0, 0.1) is 11.6 Å². The summed E-state index contributed by atoms with van der Waals surface area (Å²) < 4.78 is 29.5. The number of rotatable bonds is 4. The number of fused-ring (bicyclic) bond motifs is 1. The van der Waals surface area contributed by atoms with Crippen LogP contribution in [0.3, 0.4) is 0 Å². The summed E-state index contributed by atoms with van der Waals surface area (Å²) in [4.78, 5) is 17.3. The highest BCUT2D eigenvalue weighted by Gasteiger charge is 2.37. The summed E-state index contributed by atoms with van der Waals surface area (Å²) in [6.45, 7) is 0. The van der Waals surface area contributed by atoms with E-state index < -0.39 is 6.04 Å². The first-order valence-electron chi connectivity index (χ1n) is 9.71. The molecule has 1 unspecified atom stereocenters. The quantitative estimate of drug-likeness (QED) is 0.606. The van der Waals surface area contributed by atoms with E-state index in [0.717, 1.165) is 18.5 Å². The second-order valence-corrected chi connectivity index (χ2v) is 8.24. The zero-order valence-electron chi connectivity index (χ0n) is 15.9. The van der Waals surface area contributed by atoms with Gasteiger partial charge in [0.25, 0.3) is 0 Å². The number of anilines is 1. The lowest BCUT2D eigenvalue weighted by atomic mass is 9.85. The third kappa shape index (κ3) is 3.41. The number of benzene rings is 2. The van der Waals surface area contributed by atoms with Crippen LogP contribution in [-0.4, -0.2) is 20.5 Å². The number of hydrogen-bond donors (Lipinski definition) is 1. The van der Waals surface area contributed by atoms with E-state index in [4.69, 9.17) is 0 Å². The van der Waals surface area contributed by atoms with Crippen molar-refractivity contribution < 1.29 is 13.6 Å². The Morgan fingerprint density at radius 2 is 2.00 bits per heavy atom. The third-order valence-electron chi connectivity index (χ3n) is 5.33. The molecule has 152 valence electrons. The number of hydrogen-bond acceptors (Lipinski definition) is 5. The minimum atomic E-state index is -0.532. The van der Waals surface area contributed by atoms with Gasteiger partial charge in [0.1, 0.15) is 17.7 Å². The number of carbonyl (C=O) groups excluding carboxylic acids is 1. The first-order valence-corrected chi connectivity index (χ1v) is 10.7. The van der Waals surface area contributed by atoms with Crippen LogP contribution in [0.1, 0.15) is 36.4 Å². The first-order chi connectivity index (χ1) is 14.6. The summed E-state index contributed by atoms with van der Waals surface area (Å²) in [5, 5.41) is 8.29. The maximum absolute atomic E-state index is 14.0. The summed E-state index contributed by atoms with van der Waals surface area (Å²) in [5.74, 6) is 0.292. The standard InChI is InChI=1S/C22H18F2N4OS/c23-15-7-3-6-13(11-15)20-19-17(9-4-10-18(19)29)25-21-26-22(27-28(20)21)30-12-14-5-1-2-8-16(14)24/h1-3,5-8,11,20H,4,9-10,12H2,(H,25,26,27). The van der Waals surface area contributed by atoms with Gasteiger partial charge >= 0.3 is 0 Å². The van der Waals surface area contributed by atoms with Gasteiger partial charge in [-0.3, -0.25) is 4.79 Å². The molecule has 0 fully saturated rings. The summed E-state index contributed by atoms with van der Waals surface area (Å²) in [7, 11) is 0. The molecule has 0 spiro atoms.